The highest BCUT2D eigenvalue weighted by Crippen LogP contribution is 2.33. The summed E-state index contributed by atoms with van der Waals surface area (Å²) in [6, 6.07) is 5.59. The van der Waals surface area contributed by atoms with Crippen molar-refractivity contribution in [3.63, 3.8) is 0 Å². The van der Waals surface area contributed by atoms with E-state index in [9.17, 15) is 8.78 Å². The van der Waals surface area contributed by atoms with E-state index in [1.165, 1.54) is 18.0 Å². The Hall–Kier alpha value is -2.89. The summed E-state index contributed by atoms with van der Waals surface area (Å²) in [6.07, 6.45) is 7.94. The van der Waals surface area contributed by atoms with E-state index in [4.69, 9.17) is 4.74 Å². The van der Waals surface area contributed by atoms with Gasteiger partial charge in [0.25, 0.3) is 0 Å². The molecule has 0 atom stereocenters. The third-order valence-corrected chi connectivity index (χ3v) is 4.27. The quantitative estimate of drug-likeness (QED) is 0.724. The molecule has 3 aromatic rings. The summed E-state index contributed by atoms with van der Waals surface area (Å²) in [4.78, 5) is 12.7. The molecule has 4 nitrogen and oxygen atoms in total. The first-order valence-electron chi connectivity index (χ1n) is 8.05. The molecule has 25 heavy (non-hydrogen) atoms. The molecule has 0 bridgehead atoms. The van der Waals surface area contributed by atoms with E-state index >= 15 is 0 Å². The van der Waals surface area contributed by atoms with Gasteiger partial charge in [0, 0.05) is 29.7 Å². The molecule has 0 fully saturated rings. The SMILES string of the molecule is Fc1ccc(COc2cc(-c3cncnc3)c3c(n2)CCC3)cc1F. The number of hydrogen-bond donors (Lipinski definition) is 0. The van der Waals surface area contributed by atoms with Crippen LogP contribution in [0.15, 0.2) is 43.0 Å². The summed E-state index contributed by atoms with van der Waals surface area (Å²) in [5, 5.41) is 0. The van der Waals surface area contributed by atoms with Gasteiger partial charge in [0.1, 0.15) is 12.9 Å². The first-order chi connectivity index (χ1) is 12.2. The minimum Gasteiger partial charge on any atom is -0.473 e. The topological polar surface area (TPSA) is 47.9 Å². The van der Waals surface area contributed by atoms with Crippen molar-refractivity contribution in [3.8, 4) is 17.0 Å². The maximum atomic E-state index is 13.3. The summed E-state index contributed by atoms with van der Waals surface area (Å²) in [7, 11) is 0. The molecule has 0 amide bonds. The Morgan fingerprint density at radius 2 is 1.84 bits per heavy atom. The predicted molar refractivity (Wildman–Crippen MR) is 88.0 cm³/mol. The Bertz CT molecular complexity index is 916. The van der Waals surface area contributed by atoms with E-state index in [2.05, 4.69) is 15.0 Å². The minimum atomic E-state index is -0.884. The average Bonchev–Trinajstić information content (AvgIpc) is 3.11. The third kappa shape index (κ3) is 3.20. The second-order valence-corrected chi connectivity index (χ2v) is 5.95. The fourth-order valence-corrected chi connectivity index (χ4v) is 3.07. The number of nitrogens with zero attached hydrogens (tertiary/aromatic N) is 3. The molecular formula is C19H15F2N3O. The van der Waals surface area contributed by atoms with Crippen molar-refractivity contribution in [2.24, 2.45) is 0 Å². The Morgan fingerprint density at radius 3 is 2.64 bits per heavy atom. The zero-order valence-corrected chi connectivity index (χ0v) is 13.4. The van der Waals surface area contributed by atoms with Gasteiger partial charge in [-0.05, 0) is 48.1 Å². The summed E-state index contributed by atoms with van der Waals surface area (Å²) >= 11 is 0. The van der Waals surface area contributed by atoms with Crippen molar-refractivity contribution in [1.82, 2.24) is 15.0 Å². The molecule has 0 unspecified atom stereocenters. The predicted octanol–water partition coefficient (Wildman–Crippen LogP) is 3.88. The number of fused-ring (bicyclic) bond motifs is 1. The number of aryl methyl sites for hydroxylation is 1. The van der Waals surface area contributed by atoms with E-state index in [-0.39, 0.29) is 6.61 Å². The average molecular weight is 339 g/mol. The van der Waals surface area contributed by atoms with E-state index < -0.39 is 11.6 Å². The Kier molecular flexibility index (Phi) is 4.09. The van der Waals surface area contributed by atoms with Gasteiger partial charge in [-0.1, -0.05) is 6.07 Å². The highest BCUT2D eigenvalue weighted by Gasteiger charge is 2.19. The van der Waals surface area contributed by atoms with E-state index in [0.29, 0.717) is 11.4 Å². The zero-order valence-electron chi connectivity index (χ0n) is 13.4. The third-order valence-electron chi connectivity index (χ3n) is 4.27. The Morgan fingerprint density at radius 1 is 1.00 bits per heavy atom. The first-order valence-corrected chi connectivity index (χ1v) is 8.05. The molecule has 6 heteroatoms. The van der Waals surface area contributed by atoms with Gasteiger partial charge in [0.05, 0.1) is 0 Å². The first kappa shape index (κ1) is 15.6. The molecule has 0 N–H and O–H groups in total. The normalized spacial score (nSPS) is 12.9. The summed E-state index contributed by atoms with van der Waals surface area (Å²) < 4.78 is 32.1. The van der Waals surface area contributed by atoms with Gasteiger partial charge < -0.3 is 4.74 Å². The van der Waals surface area contributed by atoms with Crippen LogP contribution in [0.2, 0.25) is 0 Å². The molecule has 1 aliphatic rings. The van der Waals surface area contributed by atoms with Crippen LogP contribution in [0.3, 0.4) is 0 Å². The molecule has 1 aromatic carbocycles. The van der Waals surface area contributed by atoms with Crippen molar-refractivity contribution < 1.29 is 13.5 Å². The van der Waals surface area contributed by atoms with Crippen molar-refractivity contribution in [3.05, 3.63) is 71.4 Å². The van der Waals surface area contributed by atoms with Crippen LogP contribution in [0.5, 0.6) is 5.88 Å². The lowest BCUT2D eigenvalue weighted by atomic mass is 10.0. The summed E-state index contributed by atoms with van der Waals surface area (Å²) in [6.45, 7) is 0.119. The van der Waals surface area contributed by atoms with Crippen LogP contribution >= 0.6 is 0 Å². The number of ether oxygens (including phenoxy) is 1. The molecular weight excluding hydrogens is 324 g/mol. The second-order valence-electron chi connectivity index (χ2n) is 5.95. The van der Waals surface area contributed by atoms with Gasteiger partial charge in [0.2, 0.25) is 5.88 Å². The van der Waals surface area contributed by atoms with Crippen LogP contribution in [0.25, 0.3) is 11.1 Å². The number of rotatable bonds is 4. The smallest absolute Gasteiger partial charge is 0.214 e. The lowest BCUT2D eigenvalue weighted by Crippen LogP contribution is -2.02. The lowest BCUT2D eigenvalue weighted by Gasteiger charge is -2.12. The summed E-state index contributed by atoms with van der Waals surface area (Å²) in [5.74, 6) is -1.29. The van der Waals surface area contributed by atoms with Crippen LogP contribution in [-0.2, 0) is 19.4 Å². The molecule has 0 aliphatic heterocycles. The Balaban J connectivity index is 1.63. The van der Waals surface area contributed by atoms with Gasteiger partial charge in [-0.25, -0.2) is 23.7 Å². The van der Waals surface area contributed by atoms with Gasteiger partial charge in [-0.2, -0.15) is 0 Å². The largest absolute Gasteiger partial charge is 0.473 e. The number of halogens is 2. The molecule has 126 valence electrons. The molecule has 0 radical (unpaired) electrons. The van der Waals surface area contributed by atoms with E-state index in [1.807, 2.05) is 6.07 Å². The maximum Gasteiger partial charge on any atom is 0.214 e. The fourth-order valence-electron chi connectivity index (χ4n) is 3.07. The van der Waals surface area contributed by atoms with Crippen molar-refractivity contribution in [2.45, 2.75) is 25.9 Å². The van der Waals surface area contributed by atoms with Crippen molar-refractivity contribution in [2.75, 3.05) is 0 Å². The van der Waals surface area contributed by atoms with Gasteiger partial charge >= 0.3 is 0 Å². The maximum absolute atomic E-state index is 13.3. The molecule has 0 spiro atoms. The molecule has 0 saturated carbocycles. The highest BCUT2D eigenvalue weighted by molar-refractivity contribution is 5.68. The minimum absolute atomic E-state index is 0.119. The zero-order chi connectivity index (χ0) is 17.2. The van der Waals surface area contributed by atoms with Crippen molar-refractivity contribution >= 4 is 0 Å². The second kappa shape index (κ2) is 6.55. The van der Waals surface area contributed by atoms with Gasteiger partial charge in [-0.3, -0.25) is 0 Å². The van der Waals surface area contributed by atoms with Crippen LogP contribution in [0.1, 0.15) is 23.2 Å². The number of pyridine rings is 1. The Labute approximate surface area is 143 Å². The number of hydrogen-bond acceptors (Lipinski definition) is 4. The lowest BCUT2D eigenvalue weighted by molar-refractivity contribution is 0.292. The van der Waals surface area contributed by atoms with Crippen LogP contribution in [0.4, 0.5) is 8.78 Å². The molecule has 2 heterocycles. The fraction of sp³-hybridized carbons (Fsp3) is 0.211. The van der Waals surface area contributed by atoms with Gasteiger partial charge in [-0.15, -0.1) is 0 Å². The number of aromatic nitrogens is 3. The van der Waals surface area contributed by atoms with Gasteiger partial charge in [0.15, 0.2) is 11.6 Å². The molecule has 4 rings (SSSR count). The highest BCUT2D eigenvalue weighted by atomic mass is 19.2. The van der Waals surface area contributed by atoms with E-state index in [1.54, 1.807) is 12.4 Å². The van der Waals surface area contributed by atoms with Crippen LogP contribution in [-0.4, -0.2) is 15.0 Å². The van der Waals surface area contributed by atoms with Crippen molar-refractivity contribution in [1.29, 1.82) is 0 Å². The number of benzene rings is 1. The van der Waals surface area contributed by atoms with E-state index in [0.717, 1.165) is 48.2 Å². The standard InChI is InChI=1S/C19H15F2N3O/c20-16-5-4-12(6-17(16)21)10-25-19-7-15(13-8-22-11-23-9-13)14-2-1-3-18(14)24-19/h4-9,11H,1-3,10H2. The molecule has 1 aliphatic carbocycles. The molecule has 2 aromatic heterocycles. The van der Waals surface area contributed by atoms with Crippen LogP contribution in [0, 0.1) is 11.6 Å². The monoisotopic (exact) mass is 339 g/mol. The molecule has 0 saturated heterocycles. The van der Waals surface area contributed by atoms with Crippen LogP contribution < -0.4 is 4.74 Å². The summed E-state index contributed by atoms with van der Waals surface area (Å²) in [5.41, 5.74) is 4.70.